The molecule has 0 amide bonds. The van der Waals surface area contributed by atoms with Crippen molar-refractivity contribution in [1.82, 2.24) is 0 Å². The molecule has 0 heterocycles. The number of hydrogen-bond donors (Lipinski definition) is 0. The Labute approximate surface area is 171 Å². The van der Waals surface area contributed by atoms with Crippen molar-refractivity contribution in [1.29, 1.82) is 0 Å². The smallest absolute Gasteiger partial charge is 0.333 e. The van der Waals surface area contributed by atoms with Gasteiger partial charge in [0.05, 0.1) is 19.8 Å². The molecule has 2 aromatic rings. The van der Waals surface area contributed by atoms with Gasteiger partial charge in [-0.05, 0) is 26.7 Å². The summed E-state index contributed by atoms with van der Waals surface area (Å²) in [5, 5.41) is 2.13. The Morgan fingerprint density at radius 3 is 2.10 bits per heavy atom. The molecule has 0 saturated carbocycles. The van der Waals surface area contributed by atoms with E-state index in [1.165, 1.54) is 11.1 Å². The van der Waals surface area contributed by atoms with Gasteiger partial charge in [0.2, 0.25) is 0 Å². The van der Waals surface area contributed by atoms with Crippen LogP contribution in [0.4, 0.5) is 0 Å². The molecule has 1 aliphatic carbocycles. The van der Waals surface area contributed by atoms with Crippen molar-refractivity contribution in [2.75, 3.05) is 33.0 Å². The Kier molecular flexibility index (Phi) is 7.30. The van der Waals surface area contributed by atoms with Gasteiger partial charge in [-0.2, -0.15) is 0 Å². The normalized spacial score (nSPS) is 12.5. The SMILES string of the molecule is C=C(C)C(=O)OCCOCCOc1c2c(c(OCC)c3ccccc13)CC=CC2. The molecule has 0 saturated heterocycles. The Hall–Kier alpha value is -2.79. The molecule has 0 unspecified atom stereocenters. The van der Waals surface area contributed by atoms with Crippen molar-refractivity contribution in [2.45, 2.75) is 26.7 Å². The summed E-state index contributed by atoms with van der Waals surface area (Å²) in [6.07, 6.45) is 6.02. The monoisotopic (exact) mass is 396 g/mol. The number of benzene rings is 2. The van der Waals surface area contributed by atoms with Crippen molar-refractivity contribution in [3.05, 3.63) is 59.7 Å². The van der Waals surface area contributed by atoms with Crippen molar-refractivity contribution in [2.24, 2.45) is 0 Å². The summed E-state index contributed by atoms with van der Waals surface area (Å²) in [7, 11) is 0. The standard InChI is InChI=1S/C24H28O5/c1-4-27-22-18-9-5-7-11-20(18)23(21-12-8-6-10-19(21)22)28-15-13-26-14-16-29-24(25)17(2)3/h5-9,11H,2,4,10,12-16H2,1,3H3. The summed E-state index contributed by atoms with van der Waals surface area (Å²) in [6, 6.07) is 8.19. The molecule has 154 valence electrons. The van der Waals surface area contributed by atoms with Gasteiger partial charge in [0.1, 0.15) is 24.7 Å². The van der Waals surface area contributed by atoms with Crippen LogP contribution in [0.5, 0.6) is 11.5 Å². The maximum absolute atomic E-state index is 11.3. The van der Waals surface area contributed by atoms with Crippen LogP contribution in [0.3, 0.4) is 0 Å². The van der Waals surface area contributed by atoms with Crippen LogP contribution in [0.2, 0.25) is 0 Å². The number of esters is 1. The van der Waals surface area contributed by atoms with Crippen LogP contribution in [-0.4, -0.2) is 39.0 Å². The number of allylic oxidation sites excluding steroid dienone is 2. The van der Waals surface area contributed by atoms with Crippen LogP contribution in [-0.2, 0) is 27.1 Å². The first-order valence-electron chi connectivity index (χ1n) is 10.0. The van der Waals surface area contributed by atoms with Gasteiger partial charge < -0.3 is 18.9 Å². The molecule has 0 bridgehead atoms. The summed E-state index contributed by atoms with van der Waals surface area (Å²) in [6.45, 7) is 9.17. The predicted octanol–water partition coefficient (Wildman–Crippen LogP) is 4.41. The van der Waals surface area contributed by atoms with Crippen LogP contribution >= 0.6 is 0 Å². The van der Waals surface area contributed by atoms with Gasteiger partial charge in [-0.3, -0.25) is 0 Å². The molecule has 2 aromatic carbocycles. The minimum Gasteiger partial charge on any atom is -0.493 e. The predicted molar refractivity (Wildman–Crippen MR) is 114 cm³/mol. The van der Waals surface area contributed by atoms with Gasteiger partial charge in [-0.15, -0.1) is 0 Å². The van der Waals surface area contributed by atoms with E-state index in [9.17, 15) is 4.79 Å². The lowest BCUT2D eigenvalue weighted by Gasteiger charge is -2.23. The van der Waals surface area contributed by atoms with Crippen LogP contribution in [0.1, 0.15) is 25.0 Å². The zero-order chi connectivity index (χ0) is 20.6. The van der Waals surface area contributed by atoms with Crippen LogP contribution in [0, 0.1) is 0 Å². The lowest BCUT2D eigenvalue weighted by Crippen LogP contribution is -2.15. The third-order valence-electron chi connectivity index (χ3n) is 4.71. The van der Waals surface area contributed by atoms with E-state index in [-0.39, 0.29) is 6.61 Å². The van der Waals surface area contributed by atoms with Gasteiger partial charge in [0, 0.05) is 27.5 Å². The van der Waals surface area contributed by atoms with Gasteiger partial charge >= 0.3 is 5.97 Å². The first-order valence-corrected chi connectivity index (χ1v) is 10.0. The van der Waals surface area contributed by atoms with E-state index >= 15 is 0 Å². The fourth-order valence-electron chi connectivity index (χ4n) is 3.41. The third-order valence-corrected chi connectivity index (χ3v) is 4.71. The zero-order valence-corrected chi connectivity index (χ0v) is 17.2. The number of hydrogen-bond acceptors (Lipinski definition) is 5. The molecule has 0 N–H and O–H groups in total. The molecule has 3 rings (SSSR count). The Bertz CT molecular complexity index is 913. The minimum atomic E-state index is -0.398. The molecular formula is C24H28O5. The van der Waals surface area contributed by atoms with E-state index < -0.39 is 5.97 Å². The van der Waals surface area contributed by atoms with Crippen molar-refractivity contribution in [3.8, 4) is 11.5 Å². The van der Waals surface area contributed by atoms with Crippen LogP contribution in [0.25, 0.3) is 10.8 Å². The highest BCUT2D eigenvalue weighted by atomic mass is 16.6. The fraction of sp³-hybridized carbons (Fsp3) is 0.375. The van der Waals surface area contributed by atoms with Gasteiger partial charge in [0.15, 0.2) is 0 Å². The fourth-order valence-corrected chi connectivity index (χ4v) is 3.41. The third kappa shape index (κ3) is 4.98. The van der Waals surface area contributed by atoms with Crippen molar-refractivity contribution in [3.63, 3.8) is 0 Å². The Morgan fingerprint density at radius 2 is 1.52 bits per heavy atom. The van der Waals surface area contributed by atoms with E-state index in [1.807, 2.05) is 19.1 Å². The molecular weight excluding hydrogens is 368 g/mol. The van der Waals surface area contributed by atoms with Gasteiger partial charge in [-0.1, -0.05) is 43.0 Å². The Morgan fingerprint density at radius 1 is 0.931 bits per heavy atom. The topological polar surface area (TPSA) is 54.0 Å². The van der Waals surface area contributed by atoms with Gasteiger partial charge in [-0.25, -0.2) is 4.79 Å². The minimum absolute atomic E-state index is 0.206. The summed E-state index contributed by atoms with van der Waals surface area (Å²) in [4.78, 5) is 11.3. The Balaban J connectivity index is 1.68. The largest absolute Gasteiger partial charge is 0.493 e. The molecule has 0 fully saturated rings. The van der Waals surface area contributed by atoms with E-state index in [1.54, 1.807) is 6.92 Å². The summed E-state index contributed by atoms with van der Waals surface area (Å²) >= 11 is 0. The second-order valence-electron chi connectivity index (χ2n) is 6.85. The van der Waals surface area contributed by atoms with E-state index in [0.29, 0.717) is 32.0 Å². The van der Waals surface area contributed by atoms with E-state index in [4.69, 9.17) is 18.9 Å². The maximum Gasteiger partial charge on any atom is 0.333 e. The van der Waals surface area contributed by atoms with Gasteiger partial charge in [0.25, 0.3) is 0 Å². The first kappa shape index (κ1) is 20.9. The number of ether oxygens (including phenoxy) is 4. The summed E-state index contributed by atoms with van der Waals surface area (Å²) in [5.41, 5.74) is 2.77. The average Bonchev–Trinajstić information content (AvgIpc) is 2.74. The highest BCUT2D eigenvalue weighted by Gasteiger charge is 2.21. The van der Waals surface area contributed by atoms with Crippen LogP contribution < -0.4 is 9.47 Å². The molecule has 0 radical (unpaired) electrons. The highest BCUT2D eigenvalue weighted by Crippen LogP contribution is 2.43. The highest BCUT2D eigenvalue weighted by molar-refractivity contribution is 5.96. The average molecular weight is 396 g/mol. The van der Waals surface area contributed by atoms with Crippen LogP contribution in [0.15, 0.2) is 48.6 Å². The maximum atomic E-state index is 11.3. The number of carbonyl (C=O) groups excluding carboxylic acids is 1. The van der Waals surface area contributed by atoms with Crippen molar-refractivity contribution < 1.29 is 23.7 Å². The second kappa shape index (κ2) is 10.1. The lowest BCUT2D eigenvalue weighted by atomic mass is 9.90. The van der Waals surface area contributed by atoms with Crippen molar-refractivity contribution >= 4 is 16.7 Å². The molecule has 0 spiro atoms. The lowest BCUT2D eigenvalue weighted by molar-refractivity contribution is -0.140. The molecule has 0 aromatic heterocycles. The molecule has 0 atom stereocenters. The molecule has 5 heteroatoms. The first-order chi connectivity index (χ1) is 14.1. The van der Waals surface area contributed by atoms with E-state index in [2.05, 4.69) is 30.9 Å². The zero-order valence-electron chi connectivity index (χ0n) is 17.2. The quantitative estimate of drug-likeness (QED) is 0.258. The van der Waals surface area contributed by atoms with E-state index in [0.717, 1.165) is 35.1 Å². The second-order valence-corrected chi connectivity index (χ2v) is 6.85. The number of carbonyl (C=O) groups is 1. The summed E-state index contributed by atoms with van der Waals surface area (Å²) < 4.78 is 22.7. The molecule has 5 nitrogen and oxygen atoms in total. The number of fused-ring (bicyclic) bond motifs is 2. The summed E-state index contributed by atoms with van der Waals surface area (Å²) in [5.74, 6) is 1.47. The number of rotatable bonds is 10. The molecule has 1 aliphatic rings. The molecule has 0 aliphatic heterocycles. The molecule has 29 heavy (non-hydrogen) atoms.